The van der Waals surface area contributed by atoms with Gasteiger partial charge in [0.15, 0.2) is 0 Å². The first-order valence-corrected chi connectivity index (χ1v) is 9.37. The highest BCUT2D eigenvalue weighted by molar-refractivity contribution is 5.89. The number of amides is 2. The number of nitrogens with zero attached hydrogens (tertiary/aromatic N) is 4. The summed E-state index contributed by atoms with van der Waals surface area (Å²) in [7, 11) is 0. The van der Waals surface area contributed by atoms with Gasteiger partial charge in [0.1, 0.15) is 24.5 Å². The number of carbonyl (C=O) groups excluding carboxylic acids is 1. The molecular formula is C22H20N6O2. The zero-order chi connectivity index (χ0) is 20.6. The smallest absolute Gasteiger partial charge is 0.319 e. The van der Waals surface area contributed by atoms with Crippen molar-refractivity contribution in [1.29, 1.82) is 0 Å². The summed E-state index contributed by atoms with van der Waals surface area (Å²) < 4.78 is 7.54. The fourth-order valence-electron chi connectivity index (χ4n) is 2.82. The quantitative estimate of drug-likeness (QED) is 0.495. The summed E-state index contributed by atoms with van der Waals surface area (Å²) >= 11 is 0. The molecule has 4 rings (SSSR count). The molecule has 0 saturated heterocycles. The molecule has 0 aliphatic carbocycles. The molecule has 8 nitrogen and oxygen atoms in total. The topological polar surface area (TPSA) is 94.0 Å². The summed E-state index contributed by atoms with van der Waals surface area (Å²) in [5, 5.41) is 5.66. The predicted molar refractivity (Wildman–Crippen MR) is 112 cm³/mol. The van der Waals surface area contributed by atoms with Crippen molar-refractivity contribution in [3.63, 3.8) is 0 Å². The van der Waals surface area contributed by atoms with E-state index in [1.165, 1.54) is 0 Å². The third-order valence-corrected chi connectivity index (χ3v) is 4.32. The van der Waals surface area contributed by atoms with Gasteiger partial charge in [-0.2, -0.15) is 0 Å². The number of imidazole rings is 1. The lowest BCUT2D eigenvalue weighted by Crippen LogP contribution is -2.28. The van der Waals surface area contributed by atoms with Crippen LogP contribution in [-0.4, -0.2) is 25.6 Å². The van der Waals surface area contributed by atoms with Crippen molar-refractivity contribution >= 4 is 11.7 Å². The van der Waals surface area contributed by atoms with Crippen molar-refractivity contribution in [2.75, 3.05) is 5.32 Å². The van der Waals surface area contributed by atoms with Crippen molar-refractivity contribution < 1.29 is 9.53 Å². The second kappa shape index (κ2) is 9.33. The summed E-state index contributed by atoms with van der Waals surface area (Å²) in [6, 6.07) is 14.5. The van der Waals surface area contributed by atoms with Crippen LogP contribution in [0.1, 0.15) is 11.1 Å². The molecule has 0 atom stereocenters. The number of hydrogen-bond acceptors (Lipinski definition) is 5. The van der Waals surface area contributed by atoms with Crippen LogP contribution < -0.4 is 15.4 Å². The summed E-state index contributed by atoms with van der Waals surface area (Å²) in [5.41, 5.74) is 2.59. The standard InChI is InChI=1S/C22H20N6O2/c29-22(26-14-18-2-1-9-25-21(18)28-13-12-24-16-28)27-19-3-5-20(6-4-19)30-15-17-7-10-23-11-8-17/h1-13,16H,14-15H2,(H2,26,27,29). The molecule has 4 aromatic rings. The first-order chi connectivity index (χ1) is 14.8. The Labute approximate surface area is 173 Å². The van der Waals surface area contributed by atoms with E-state index in [0.29, 0.717) is 18.8 Å². The van der Waals surface area contributed by atoms with E-state index in [1.807, 2.05) is 42.6 Å². The zero-order valence-corrected chi connectivity index (χ0v) is 16.1. The second-order valence-corrected chi connectivity index (χ2v) is 6.43. The van der Waals surface area contributed by atoms with Gasteiger partial charge in [-0.25, -0.2) is 14.8 Å². The summed E-state index contributed by atoms with van der Waals surface area (Å²) in [6.07, 6.45) is 10.3. The molecule has 1 aromatic carbocycles. The highest BCUT2D eigenvalue weighted by atomic mass is 16.5. The Morgan fingerprint density at radius 3 is 2.57 bits per heavy atom. The lowest BCUT2D eigenvalue weighted by atomic mass is 10.2. The molecule has 2 amide bonds. The van der Waals surface area contributed by atoms with Gasteiger partial charge in [0, 0.05) is 48.8 Å². The Kier molecular flexibility index (Phi) is 5.95. The number of rotatable bonds is 7. The maximum Gasteiger partial charge on any atom is 0.319 e. The zero-order valence-electron chi connectivity index (χ0n) is 16.1. The summed E-state index contributed by atoms with van der Waals surface area (Å²) in [6.45, 7) is 0.792. The van der Waals surface area contributed by atoms with Gasteiger partial charge in [-0.05, 0) is 48.0 Å². The summed E-state index contributed by atoms with van der Waals surface area (Å²) in [5.74, 6) is 1.45. The van der Waals surface area contributed by atoms with E-state index in [-0.39, 0.29) is 6.03 Å². The van der Waals surface area contributed by atoms with Gasteiger partial charge in [0.25, 0.3) is 0 Å². The van der Waals surface area contributed by atoms with Crippen molar-refractivity contribution in [1.82, 2.24) is 24.8 Å². The fourth-order valence-corrected chi connectivity index (χ4v) is 2.82. The molecular weight excluding hydrogens is 380 g/mol. The molecule has 0 bridgehead atoms. The number of benzene rings is 1. The number of pyridine rings is 2. The molecule has 0 saturated carbocycles. The molecule has 2 N–H and O–H groups in total. The molecule has 150 valence electrons. The number of aromatic nitrogens is 4. The second-order valence-electron chi connectivity index (χ2n) is 6.43. The third-order valence-electron chi connectivity index (χ3n) is 4.32. The Morgan fingerprint density at radius 2 is 1.80 bits per heavy atom. The average Bonchev–Trinajstić information content (AvgIpc) is 3.33. The highest BCUT2D eigenvalue weighted by Crippen LogP contribution is 2.17. The first kappa shape index (κ1) is 19.1. The molecule has 0 fully saturated rings. The van der Waals surface area contributed by atoms with Crippen LogP contribution in [0.2, 0.25) is 0 Å². The van der Waals surface area contributed by atoms with Crippen LogP contribution in [-0.2, 0) is 13.2 Å². The lowest BCUT2D eigenvalue weighted by Gasteiger charge is -2.11. The van der Waals surface area contributed by atoms with Gasteiger partial charge in [-0.15, -0.1) is 0 Å². The van der Waals surface area contributed by atoms with Crippen LogP contribution in [0.5, 0.6) is 5.75 Å². The molecule has 0 spiro atoms. The van der Waals surface area contributed by atoms with Crippen LogP contribution in [0.3, 0.4) is 0 Å². The molecule has 3 heterocycles. The monoisotopic (exact) mass is 400 g/mol. The van der Waals surface area contributed by atoms with E-state index in [1.54, 1.807) is 47.8 Å². The van der Waals surface area contributed by atoms with E-state index >= 15 is 0 Å². The number of ether oxygens (including phenoxy) is 1. The van der Waals surface area contributed by atoms with Crippen molar-refractivity contribution in [3.8, 4) is 11.6 Å². The van der Waals surface area contributed by atoms with Crippen molar-refractivity contribution in [2.45, 2.75) is 13.2 Å². The first-order valence-electron chi connectivity index (χ1n) is 9.37. The fraction of sp³-hybridized carbons (Fsp3) is 0.0909. The largest absolute Gasteiger partial charge is 0.489 e. The Bertz CT molecular complexity index is 1080. The maximum atomic E-state index is 12.3. The van der Waals surface area contributed by atoms with Gasteiger partial charge in [0.05, 0.1) is 0 Å². The van der Waals surface area contributed by atoms with Crippen molar-refractivity contribution in [3.05, 3.63) is 97.0 Å². The Balaban J connectivity index is 1.29. The SMILES string of the molecule is O=C(NCc1cccnc1-n1ccnc1)Nc1ccc(OCc2ccncc2)cc1. The molecule has 0 aliphatic heterocycles. The van der Waals surface area contributed by atoms with E-state index in [2.05, 4.69) is 25.6 Å². The number of nitrogens with one attached hydrogen (secondary N) is 2. The molecule has 8 heteroatoms. The van der Waals surface area contributed by atoms with Crippen LogP contribution in [0, 0.1) is 0 Å². The number of carbonyl (C=O) groups is 1. The van der Waals surface area contributed by atoms with Crippen LogP contribution in [0.4, 0.5) is 10.5 Å². The van der Waals surface area contributed by atoms with E-state index < -0.39 is 0 Å². The third kappa shape index (κ3) is 4.99. The van der Waals surface area contributed by atoms with Gasteiger partial charge in [-0.1, -0.05) is 6.07 Å². The van der Waals surface area contributed by atoms with Gasteiger partial charge >= 0.3 is 6.03 Å². The minimum atomic E-state index is -0.305. The maximum absolute atomic E-state index is 12.3. The van der Waals surface area contributed by atoms with Crippen LogP contribution in [0.15, 0.2) is 85.8 Å². The number of hydrogen-bond donors (Lipinski definition) is 2. The Morgan fingerprint density at radius 1 is 0.967 bits per heavy atom. The minimum Gasteiger partial charge on any atom is -0.489 e. The minimum absolute atomic E-state index is 0.305. The van der Waals surface area contributed by atoms with Gasteiger partial charge < -0.3 is 15.4 Å². The predicted octanol–water partition coefficient (Wildman–Crippen LogP) is 3.56. The molecule has 0 radical (unpaired) electrons. The van der Waals surface area contributed by atoms with E-state index in [0.717, 1.165) is 22.7 Å². The molecule has 0 unspecified atom stereocenters. The van der Waals surface area contributed by atoms with E-state index in [4.69, 9.17) is 4.74 Å². The van der Waals surface area contributed by atoms with Crippen LogP contribution >= 0.6 is 0 Å². The normalized spacial score (nSPS) is 10.4. The molecule has 3 aromatic heterocycles. The van der Waals surface area contributed by atoms with E-state index in [9.17, 15) is 4.79 Å². The molecule has 0 aliphatic rings. The van der Waals surface area contributed by atoms with Crippen LogP contribution in [0.25, 0.3) is 5.82 Å². The van der Waals surface area contributed by atoms with Crippen molar-refractivity contribution in [2.24, 2.45) is 0 Å². The van der Waals surface area contributed by atoms with Gasteiger partial charge in [-0.3, -0.25) is 9.55 Å². The van der Waals surface area contributed by atoms with Gasteiger partial charge in [0.2, 0.25) is 0 Å². The number of anilines is 1. The average molecular weight is 400 g/mol. The number of urea groups is 1. The lowest BCUT2D eigenvalue weighted by molar-refractivity contribution is 0.251. The summed E-state index contributed by atoms with van der Waals surface area (Å²) in [4.78, 5) is 24.7. The Hall–Kier alpha value is -4.20. The molecule has 30 heavy (non-hydrogen) atoms. The highest BCUT2D eigenvalue weighted by Gasteiger charge is 2.08.